The summed E-state index contributed by atoms with van der Waals surface area (Å²) in [5, 5.41) is 10.4. The summed E-state index contributed by atoms with van der Waals surface area (Å²) >= 11 is 1.51. The molecule has 0 atom stereocenters. The number of carboxylic acid groups (broad SMARTS) is 1. The number of nitrogens with zero attached hydrogens (tertiary/aromatic N) is 1. The fraction of sp³-hybridized carbons (Fsp3) is 0.190. The molecule has 0 aliphatic carbocycles. The van der Waals surface area contributed by atoms with Gasteiger partial charge in [0.2, 0.25) is 0 Å². The van der Waals surface area contributed by atoms with Gasteiger partial charge in [-0.05, 0) is 35.4 Å². The lowest BCUT2D eigenvalue weighted by atomic mass is 10.0. The van der Waals surface area contributed by atoms with Crippen LogP contribution in [0.2, 0.25) is 0 Å². The van der Waals surface area contributed by atoms with E-state index in [9.17, 15) is 14.7 Å². The van der Waals surface area contributed by atoms with Gasteiger partial charge in [0.1, 0.15) is 5.75 Å². The molecular weight excluding hydrogens is 378 g/mol. The number of carbonyl (C=O) groups excluding carboxylic acids is 1. The second-order valence-corrected chi connectivity index (χ2v) is 7.07. The number of hydrogen-bond acceptors (Lipinski definition) is 6. The van der Waals surface area contributed by atoms with Crippen LogP contribution in [0.25, 0.3) is 5.57 Å². The molecule has 0 amide bonds. The number of rotatable bonds is 6. The van der Waals surface area contributed by atoms with Crippen LogP contribution in [0, 0.1) is 0 Å². The van der Waals surface area contributed by atoms with Gasteiger partial charge in [0.05, 0.1) is 24.8 Å². The predicted octanol–water partition coefficient (Wildman–Crippen LogP) is 3.67. The van der Waals surface area contributed by atoms with Crippen molar-refractivity contribution in [2.24, 2.45) is 4.99 Å². The molecule has 144 valence electrons. The summed E-state index contributed by atoms with van der Waals surface area (Å²) in [5.74, 6) is -0.240. The maximum atomic E-state index is 11.8. The van der Waals surface area contributed by atoms with Gasteiger partial charge in [0.25, 0.3) is 0 Å². The number of hydrogen-bond donors (Lipinski definition) is 1. The minimum absolute atomic E-state index is 0.0353. The molecule has 28 heavy (non-hydrogen) atoms. The van der Waals surface area contributed by atoms with Crippen LogP contribution in [0.15, 0.2) is 59.2 Å². The monoisotopic (exact) mass is 397 g/mol. The van der Waals surface area contributed by atoms with Crippen LogP contribution in [0.5, 0.6) is 5.75 Å². The standard InChI is InChI=1S/C21H19NO5S/c1-26-16-9-3-13(4-10-16)11-18-22-19(20(23)24)17(12-28-18)14-5-7-15(8-6-14)21(25)27-2/h3-10H,11-12H2,1-2H3,(H,23,24). The molecule has 1 aliphatic heterocycles. The van der Waals surface area contributed by atoms with Crippen molar-refractivity contribution in [2.45, 2.75) is 6.42 Å². The zero-order valence-electron chi connectivity index (χ0n) is 15.5. The second kappa shape index (κ2) is 8.75. The Bertz CT molecular complexity index is 946. The summed E-state index contributed by atoms with van der Waals surface area (Å²) in [5.41, 5.74) is 2.84. The highest BCUT2D eigenvalue weighted by Crippen LogP contribution is 2.31. The fourth-order valence-corrected chi connectivity index (χ4v) is 3.82. The highest BCUT2D eigenvalue weighted by molar-refractivity contribution is 8.14. The van der Waals surface area contributed by atoms with Gasteiger partial charge in [-0.1, -0.05) is 24.3 Å². The zero-order valence-corrected chi connectivity index (χ0v) is 16.3. The third kappa shape index (κ3) is 4.43. The first-order chi connectivity index (χ1) is 13.5. The highest BCUT2D eigenvalue weighted by atomic mass is 32.2. The van der Waals surface area contributed by atoms with Gasteiger partial charge in [-0.25, -0.2) is 14.6 Å². The van der Waals surface area contributed by atoms with Crippen LogP contribution in [0.1, 0.15) is 21.5 Å². The molecule has 1 heterocycles. The van der Waals surface area contributed by atoms with E-state index in [1.807, 2.05) is 24.3 Å². The zero-order chi connectivity index (χ0) is 20.1. The van der Waals surface area contributed by atoms with E-state index in [0.29, 0.717) is 23.3 Å². The average molecular weight is 397 g/mol. The Morgan fingerprint density at radius 1 is 1.07 bits per heavy atom. The normalized spacial score (nSPS) is 13.7. The Balaban J connectivity index is 1.87. The summed E-state index contributed by atoms with van der Waals surface area (Å²) < 4.78 is 9.84. The van der Waals surface area contributed by atoms with Crippen molar-refractivity contribution in [3.05, 3.63) is 70.9 Å². The fourth-order valence-electron chi connectivity index (χ4n) is 2.78. The quantitative estimate of drug-likeness (QED) is 0.749. The van der Waals surface area contributed by atoms with Gasteiger partial charge in [-0.2, -0.15) is 0 Å². The molecule has 0 radical (unpaired) electrons. The molecule has 2 aromatic rings. The minimum Gasteiger partial charge on any atom is -0.497 e. The first kappa shape index (κ1) is 19.7. The minimum atomic E-state index is -1.07. The van der Waals surface area contributed by atoms with Gasteiger partial charge in [0.15, 0.2) is 5.70 Å². The highest BCUT2D eigenvalue weighted by Gasteiger charge is 2.22. The van der Waals surface area contributed by atoms with Crippen molar-refractivity contribution in [3.63, 3.8) is 0 Å². The number of benzene rings is 2. The van der Waals surface area contributed by atoms with Crippen molar-refractivity contribution < 1.29 is 24.2 Å². The smallest absolute Gasteiger partial charge is 0.354 e. The van der Waals surface area contributed by atoms with Crippen LogP contribution in [-0.4, -0.2) is 42.1 Å². The number of methoxy groups -OCH3 is 2. The molecule has 7 heteroatoms. The molecule has 1 N–H and O–H groups in total. The van der Waals surface area contributed by atoms with Gasteiger partial charge < -0.3 is 14.6 Å². The van der Waals surface area contributed by atoms with E-state index in [4.69, 9.17) is 4.74 Å². The van der Waals surface area contributed by atoms with Crippen molar-refractivity contribution in [3.8, 4) is 5.75 Å². The first-order valence-corrected chi connectivity index (χ1v) is 9.49. The molecule has 3 rings (SSSR count). The molecule has 0 aromatic heterocycles. The van der Waals surface area contributed by atoms with E-state index in [-0.39, 0.29) is 5.70 Å². The number of aliphatic carboxylic acids is 1. The topological polar surface area (TPSA) is 85.2 Å². The first-order valence-electron chi connectivity index (χ1n) is 8.50. The number of carboxylic acids is 1. The second-order valence-electron chi connectivity index (χ2n) is 6.02. The number of carbonyl (C=O) groups is 2. The van der Waals surface area contributed by atoms with Crippen LogP contribution in [0.4, 0.5) is 0 Å². The molecule has 0 saturated heterocycles. The van der Waals surface area contributed by atoms with Crippen molar-refractivity contribution >= 4 is 34.3 Å². The van der Waals surface area contributed by atoms with Crippen LogP contribution < -0.4 is 4.74 Å². The molecule has 0 spiro atoms. The third-order valence-electron chi connectivity index (χ3n) is 4.28. The lowest BCUT2D eigenvalue weighted by molar-refractivity contribution is -0.132. The largest absolute Gasteiger partial charge is 0.497 e. The lowest BCUT2D eigenvalue weighted by Gasteiger charge is -2.17. The SMILES string of the molecule is COC(=O)c1ccc(C2=C(C(=O)O)N=C(Cc3ccc(OC)cc3)SC2)cc1. The number of thioether (sulfide) groups is 1. The maximum Gasteiger partial charge on any atom is 0.354 e. The molecule has 1 aliphatic rings. The molecule has 0 saturated carbocycles. The molecule has 6 nitrogen and oxygen atoms in total. The van der Waals surface area contributed by atoms with E-state index in [1.54, 1.807) is 31.4 Å². The summed E-state index contributed by atoms with van der Waals surface area (Å²) in [7, 11) is 2.93. The third-order valence-corrected chi connectivity index (χ3v) is 5.28. The van der Waals surface area contributed by atoms with Gasteiger partial charge in [0, 0.05) is 17.7 Å². The van der Waals surface area contributed by atoms with Crippen LogP contribution in [-0.2, 0) is 16.0 Å². The average Bonchev–Trinajstić information content (AvgIpc) is 2.73. The summed E-state index contributed by atoms with van der Waals surface area (Å²) in [4.78, 5) is 27.7. The van der Waals surface area contributed by atoms with E-state index < -0.39 is 11.9 Å². The Morgan fingerprint density at radius 3 is 2.32 bits per heavy atom. The summed E-state index contributed by atoms with van der Waals surface area (Å²) in [6.45, 7) is 0. The summed E-state index contributed by atoms with van der Waals surface area (Å²) in [6, 6.07) is 14.3. The number of esters is 1. The Kier molecular flexibility index (Phi) is 6.16. The number of ether oxygens (including phenoxy) is 2. The maximum absolute atomic E-state index is 11.8. The van der Waals surface area contributed by atoms with E-state index >= 15 is 0 Å². The van der Waals surface area contributed by atoms with Gasteiger partial charge in [-0.3, -0.25) is 0 Å². The number of aliphatic imine (C=N–C) groups is 1. The van der Waals surface area contributed by atoms with E-state index in [2.05, 4.69) is 9.73 Å². The lowest BCUT2D eigenvalue weighted by Crippen LogP contribution is -2.13. The van der Waals surface area contributed by atoms with Crippen LogP contribution >= 0.6 is 11.8 Å². The Hall–Kier alpha value is -3.06. The Labute approximate surface area is 166 Å². The van der Waals surface area contributed by atoms with Crippen molar-refractivity contribution in [2.75, 3.05) is 20.0 Å². The molecule has 0 unspecified atom stereocenters. The predicted molar refractivity (Wildman–Crippen MR) is 109 cm³/mol. The molecular formula is C21H19NO5S. The van der Waals surface area contributed by atoms with Crippen molar-refractivity contribution in [1.29, 1.82) is 0 Å². The Morgan fingerprint density at radius 2 is 1.75 bits per heavy atom. The van der Waals surface area contributed by atoms with Crippen LogP contribution in [0.3, 0.4) is 0 Å². The van der Waals surface area contributed by atoms with Gasteiger partial charge >= 0.3 is 11.9 Å². The molecule has 0 fully saturated rings. The summed E-state index contributed by atoms with van der Waals surface area (Å²) in [6.07, 6.45) is 0.556. The van der Waals surface area contributed by atoms with E-state index in [0.717, 1.165) is 21.9 Å². The molecule has 2 aromatic carbocycles. The molecule has 0 bridgehead atoms. The van der Waals surface area contributed by atoms with E-state index in [1.165, 1.54) is 18.9 Å². The van der Waals surface area contributed by atoms with Crippen molar-refractivity contribution in [1.82, 2.24) is 0 Å². The van der Waals surface area contributed by atoms with Gasteiger partial charge in [-0.15, -0.1) is 11.8 Å².